The van der Waals surface area contributed by atoms with Crippen molar-refractivity contribution in [3.05, 3.63) is 0 Å². The number of aliphatic hydroxyl groups excluding tert-OH is 1. The fraction of sp³-hybridized carbons (Fsp3) is 0.950. The molecule has 22 heavy (non-hydrogen) atoms. The highest BCUT2D eigenvalue weighted by molar-refractivity contribution is 5.87. The zero-order valence-corrected chi connectivity index (χ0v) is 14.5. The summed E-state index contributed by atoms with van der Waals surface area (Å²) in [6.07, 6.45) is 8.96. The van der Waals surface area contributed by atoms with Crippen LogP contribution in [0.2, 0.25) is 0 Å². The summed E-state index contributed by atoms with van der Waals surface area (Å²) in [5.74, 6) is 3.86. The van der Waals surface area contributed by atoms with Crippen molar-refractivity contribution in [1.29, 1.82) is 0 Å². The molecule has 0 aromatic heterocycles. The minimum Gasteiger partial charge on any atom is -0.392 e. The maximum absolute atomic E-state index is 12.5. The normalized spacial score (nSPS) is 57.9. The Kier molecular flexibility index (Phi) is 3.32. The van der Waals surface area contributed by atoms with Crippen molar-refractivity contribution in [3.8, 4) is 0 Å². The van der Waals surface area contributed by atoms with Gasteiger partial charge in [0.1, 0.15) is 5.78 Å². The highest BCUT2D eigenvalue weighted by Crippen LogP contribution is 2.65. The minimum atomic E-state index is -0.424. The van der Waals surface area contributed by atoms with Crippen LogP contribution < -0.4 is 0 Å². The standard InChI is InChI=1S/C20H32O2/c1-12-8-9-19(2)13(10-12)4-5-14-15-6-7-17(21)20(15,3)18(22)11-16(14)19/h12-16,18,22H,4-11H2,1-3H3. The average molecular weight is 304 g/mol. The Hall–Kier alpha value is -0.370. The summed E-state index contributed by atoms with van der Waals surface area (Å²) < 4.78 is 0. The maximum atomic E-state index is 12.5. The van der Waals surface area contributed by atoms with Gasteiger partial charge in [-0.2, -0.15) is 0 Å². The molecule has 4 saturated carbocycles. The third-order valence-corrected chi connectivity index (χ3v) is 8.75. The number of ketones is 1. The first-order valence-corrected chi connectivity index (χ1v) is 9.58. The highest BCUT2D eigenvalue weighted by Gasteiger charge is 2.63. The number of fused-ring (bicyclic) bond motifs is 5. The van der Waals surface area contributed by atoms with Gasteiger partial charge in [0.05, 0.1) is 11.5 Å². The molecule has 0 aromatic rings. The van der Waals surface area contributed by atoms with Gasteiger partial charge in [-0.05, 0) is 80.5 Å². The number of hydrogen-bond donors (Lipinski definition) is 1. The Morgan fingerprint density at radius 1 is 1.05 bits per heavy atom. The SMILES string of the molecule is CC1CCC2(C)C(CCC3C2CC(O)C2(C)C(=O)CCC32)C1. The van der Waals surface area contributed by atoms with Crippen LogP contribution in [-0.2, 0) is 4.79 Å². The fourth-order valence-electron chi connectivity index (χ4n) is 7.22. The largest absolute Gasteiger partial charge is 0.392 e. The van der Waals surface area contributed by atoms with Crippen molar-refractivity contribution in [2.75, 3.05) is 0 Å². The van der Waals surface area contributed by atoms with Crippen LogP contribution in [0.15, 0.2) is 0 Å². The molecule has 124 valence electrons. The summed E-state index contributed by atoms with van der Waals surface area (Å²) in [6, 6.07) is 0. The molecule has 2 nitrogen and oxygen atoms in total. The second-order valence-corrected chi connectivity index (χ2v) is 9.53. The van der Waals surface area contributed by atoms with Crippen LogP contribution in [0, 0.1) is 40.4 Å². The zero-order valence-electron chi connectivity index (χ0n) is 14.5. The summed E-state index contributed by atoms with van der Waals surface area (Å²) in [5.41, 5.74) is -0.00427. The molecule has 0 aliphatic heterocycles. The molecule has 8 atom stereocenters. The number of carbonyl (C=O) groups excluding carboxylic acids is 1. The molecule has 4 rings (SSSR count). The van der Waals surface area contributed by atoms with E-state index in [9.17, 15) is 9.90 Å². The summed E-state index contributed by atoms with van der Waals surface area (Å²) >= 11 is 0. The van der Waals surface area contributed by atoms with Crippen LogP contribution in [0.4, 0.5) is 0 Å². The molecule has 0 heterocycles. The predicted molar refractivity (Wildman–Crippen MR) is 87.3 cm³/mol. The van der Waals surface area contributed by atoms with Crippen molar-refractivity contribution < 1.29 is 9.90 Å². The van der Waals surface area contributed by atoms with Crippen molar-refractivity contribution in [2.45, 2.75) is 78.2 Å². The van der Waals surface area contributed by atoms with E-state index in [-0.39, 0.29) is 0 Å². The van der Waals surface area contributed by atoms with Gasteiger partial charge in [0, 0.05) is 6.42 Å². The lowest BCUT2D eigenvalue weighted by Gasteiger charge is -2.61. The van der Waals surface area contributed by atoms with Crippen LogP contribution in [-0.4, -0.2) is 17.0 Å². The molecule has 0 aromatic carbocycles. The van der Waals surface area contributed by atoms with E-state index in [2.05, 4.69) is 20.8 Å². The van der Waals surface area contributed by atoms with E-state index in [0.29, 0.717) is 35.4 Å². The van der Waals surface area contributed by atoms with Crippen LogP contribution in [0.5, 0.6) is 0 Å². The topological polar surface area (TPSA) is 37.3 Å². The van der Waals surface area contributed by atoms with Crippen molar-refractivity contribution >= 4 is 5.78 Å². The molecule has 4 aliphatic rings. The van der Waals surface area contributed by atoms with Crippen molar-refractivity contribution in [2.24, 2.45) is 40.4 Å². The zero-order chi connectivity index (χ0) is 15.7. The molecule has 4 fully saturated rings. The van der Waals surface area contributed by atoms with Gasteiger partial charge in [-0.15, -0.1) is 0 Å². The first-order valence-electron chi connectivity index (χ1n) is 9.58. The van der Waals surface area contributed by atoms with Crippen molar-refractivity contribution in [3.63, 3.8) is 0 Å². The Morgan fingerprint density at radius 3 is 2.59 bits per heavy atom. The first kappa shape index (κ1) is 15.2. The van der Waals surface area contributed by atoms with Crippen LogP contribution in [0.25, 0.3) is 0 Å². The van der Waals surface area contributed by atoms with Gasteiger partial charge in [0.2, 0.25) is 0 Å². The second kappa shape index (κ2) is 4.82. The van der Waals surface area contributed by atoms with Gasteiger partial charge in [-0.3, -0.25) is 4.79 Å². The molecule has 0 spiro atoms. The molecule has 0 saturated heterocycles. The lowest BCUT2D eigenvalue weighted by atomic mass is 9.44. The molecule has 0 bridgehead atoms. The number of carbonyl (C=O) groups is 1. The molecule has 0 radical (unpaired) electrons. The third-order valence-electron chi connectivity index (χ3n) is 8.75. The Labute approximate surface area is 135 Å². The molecule has 2 heteroatoms. The van der Waals surface area contributed by atoms with E-state index in [0.717, 1.165) is 24.7 Å². The lowest BCUT2D eigenvalue weighted by molar-refractivity contribution is -0.166. The fourth-order valence-corrected chi connectivity index (χ4v) is 7.22. The molecule has 0 amide bonds. The van der Waals surface area contributed by atoms with E-state index in [1.165, 1.54) is 32.1 Å². The minimum absolute atomic E-state index is 0.341. The van der Waals surface area contributed by atoms with Gasteiger partial charge in [0.25, 0.3) is 0 Å². The maximum Gasteiger partial charge on any atom is 0.141 e. The lowest BCUT2D eigenvalue weighted by Crippen LogP contribution is -2.58. The van der Waals surface area contributed by atoms with Crippen LogP contribution in [0.1, 0.15) is 72.1 Å². The molecule has 1 N–H and O–H groups in total. The summed E-state index contributed by atoms with van der Waals surface area (Å²) in [5, 5.41) is 10.9. The highest BCUT2D eigenvalue weighted by atomic mass is 16.3. The monoisotopic (exact) mass is 304 g/mol. The molecular weight excluding hydrogens is 272 g/mol. The quantitative estimate of drug-likeness (QED) is 0.728. The Bertz CT molecular complexity index is 486. The molecule has 4 aliphatic carbocycles. The Balaban J connectivity index is 1.68. The number of aliphatic hydroxyl groups is 1. The summed E-state index contributed by atoms with van der Waals surface area (Å²) in [6.45, 7) is 7.01. The average Bonchev–Trinajstić information content (AvgIpc) is 2.79. The first-order chi connectivity index (χ1) is 10.4. The van der Waals surface area contributed by atoms with Crippen molar-refractivity contribution in [1.82, 2.24) is 0 Å². The van der Waals surface area contributed by atoms with Crippen LogP contribution in [0.3, 0.4) is 0 Å². The Morgan fingerprint density at radius 2 is 1.82 bits per heavy atom. The van der Waals surface area contributed by atoms with E-state index in [1.54, 1.807) is 0 Å². The predicted octanol–water partition coefficient (Wildman–Crippen LogP) is 4.21. The van der Waals surface area contributed by atoms with E-state index >= 15 is 0 Å². The van der Waals surface area contributed by atoms with Crippen LogP contribution >= 0.6 is 0 Å². The third kappa shape index (κ3) is 1.79. The van der Waals surface area contributed by atoms with Gasteiger partial charge in [-0.25, -0.2) is 0 Å². The second-order valence-electron chi connectivity index (χ2n) is 9.53. The van der Waals surface area contributed by atoms with E-state index in [4.69, 9.17) is 0 Å². The smallest absolute Gasteiger partial charge is 0.141 e. The van der Waals surface area contributed by atoms with E-state index < -0.39 is 11.5 Å². The van der Waals surface area contributed by atoms with E-state index in [1.807, 2.05) is 0 Å². The number of Topliss-reactive ketones (excluding diaryl/α,β-unsaturated/α-hetero) is 1. The van der Waals surface area contributed by atoms with Gasteiger partial charge < -0.3 is 5.11 Å². The molecule has 8 unspecified atom stereocenters. The van der Waals surface area contributed by atoms with Gasteiger partial charge in [0.15, 0.2) is 0 Å². The number of rotatable bonds is 0. The summed E-state index contributed by atoms with van der Waals surface area (Å²) in [7, 11) is 0. The summed E-state index contributed by atoms with van der Waals surface area (Å²) in [4.78, 5) is 12.5. The number of hydrogen-bond acceptors (Lipinski definition) is 2. The molecular formula is C20H32O2. The van der Waals surface area contributed by atoms with Gasteiger partial charge in [-0.1, -0.05) is 20.3 Å². The van der Waals surface area contributed by atoms with Gasteiger partial charge >= 0.3 is 0 Å².